The molecule has 1 aliphatic rings. The van der Waals surface area contributed by atoms with Crippen LogP contribution in [-0.2, 0) is 6.61 Å². The summed E-state index contributed by atoms with van der Waals surface area (Å²) in [4.78, 5) is 12.8. The first-order chi connectivity index (χ1) is 16.1. The molecule has 4 aromatic carbocycles. The molecule has 0 fully saturated rings. The van der Waals surface area contributed by atoms with E-state index >= 15 is 0 Å². The highest BCUT2D eigenvalue weighted by Crippen LogP contribution is 2.36. The van der Waals surface area contributed by atoms with Crippen molar-refractivity contribution in [1.82, 2.24) is 0 Å². The molecule has 0 radical (unpaired) electrons. The molecule has 1 aliphatic heterocycles. The van der Waals surface area contributed by atoms with Crippen LogP contribution >= 0.6 is 23.2 Å². The SMILES string of the molecule is O=C1/C(=C/c2ccc(-c3ccccc3)cc2)Oc2cc(OCc3c(Cl)cccc3Cl)ccc21. The van der Waals surface area contributed by atoms with Crippen molar-refractivity contribution in [2.45, 2.75) is 6.61 Å². The second-order valence-corrected chi connectivity index (χ2v) is 8.39. The molecule has 0 spiro atoms. The maximum Gasteiger partial charge on any atom is 0.231 e. The molecule has 33 heavy (non-hydrogen) atoms. The fourth-order valence-electron chi connectivity index (χ4n) is 3.64. The summed E-state index contributed by atoms with van der Waals surface area (Å²) in [7, 11) is 0. The van der Waals surface area contributed by atoms with Gasteiger partial charge in [0.15, 0.2) is 5.76 Å². The number of Topliss-reactive ketones (excluding diaryl/α,β-unsaturated/α-hetero) is 1. The highest BCUT2D eigenvalue weighted by Gasteiger charge is 2.27. The van der Waals surface area contributed by atoms with Gasteiger partial charge in [-0.05, 0) is 47.0 Å². The molecule has 0 unspecified atom stereocenters. The molecular formula is C28H18Cl2O3. The number of allylic oxidation sites excluding steroid dienone is 1. The average Bonchev–Trinajstić information content (AvgIpc) is 3.14. The van der Waals surface area contributed by atoms with Crippen LogP contribution in [0, 0.1) is 0 Å². The van der Waals surface area contributed by atoms with Crippen molar-refractivity contribution in [3.05, 3.63) is 123 Å². The van der Waals surface area contributed by atoms with Crippen LogP contribution in [0.5, 0.6) is 11.5 Å². The summed E-state index contributed by atoms with van der Waals surface area (Å²) in [5.41, 5.74) is 4.35. The fourth-order valence-corrected chi connectivity index (χ4v) is 4.14. The molecule has 0 aromatic heterocycles. The van der Waals surface area contributed by atoms with E-state index in [1.165, 1.54) is 0 Å². The monoisotopic (exact) mass is 472 g/mol. The van der Waals surface area contributed by atoms with Gasteiger partial charge in [0, 0.05) is 21.7 Å². The predicted molar refractivity (Wildman–Crippen MR) is 132 cm³/mol. The smallest absolute Gasteiger partial charge is 0.231 e. The van der Waals surface area contributed by atoms with E-state index in [2.05, 4.69) is 12.1 Å². The molecule has 5 rings (SSSR count). The third-order valence-corrected chi connectivity index (χ3v) is 6.11. The van der Waals surface area contributed by atoms with Crippen LogP contribution in [0.25, 0.3) is 17.2 Å². The van der Waals surface area contributed by atoms with Gasteiger partial charge in [-0.3, -0.25) is 4.79 Å². The summed E-state index contributed by atoms with van der Waals surface area (Å²) >= 11 is 12.4. The molecule has 162 valence electrons. The maximum atomic E-state index is 12.8. The van der Waals surface area contributed by atoms with Crippen molar-refractivity contribution in [2.24, 2.45) is 0 Å². The van der Waals surface area contributed by atoms with Crippen LogP contribution in [0.4, 0.5) is 0 Å². The predicted octanol–water partition coefficient (Wildman–Crippen LogP) is 7.86. The summed E-state index contributed by atoms with van der Waals surface area (Å²) in [5, 5.41) is 1.08. The minimum Gasteiger partial charge on any atom is -0.489 e. The van der Waals surface area contributed by atoms with Gasteiger partial charge in [-0.2, -0.15) is 0 Å². The Morgan fingerprint density at radius 1 is 0.788 bits per heavy atom. The molecule has 4 aromatic rings. The molecule has 3 nitrogen and oxygen atoms in total. The molecule has 0 saturated carbocycles. The van der Waals surface area contributed by atoms with E-state index in [4.69, 9.17) is 32.7 Å². The molecule has 1 heterocycles. The molecule has 0 aliphatic carbocycles. The quantitative estimate of drug-likeness (QED) is 0.277. The van der Waals surface area contributed by atoms with Crippen LogP contribution < -0.4 is 9.47 Å². The van der Waals surface area contributed by atoms with Gasteiger partial charge in [0.2, 0.25) is 5.78 Å². The molecular weight excluding hydrogens is 455 g/mol. The summed E-state index contributed by atoms with van der Waals surface area (Å²) in [6, 6.07) is 28.6. The van der Waals surface area contributed by atoms with Crippen molar-refractivity contribution in [2.75, 3.05) is 0 Å². The van der Waals surface area contributed by atoms with Gasteiger partial charge in [-0.15, -0.1) is 0 Å². The lowest BCUT2D eigenvalue weighted by molar-refractivity contribution is 0.101. The molecule has 0 N–H and O–H groups in total. The van der Waals surface area contributed by atoms with Gasteiger partial charge in [0.1, 0.15) is 18.1 Å². The first kappa shape index (κ1) is 21.3. The van der Waals surface area contributed by atoms with Crippen molar-refractivity contribution < 1.29 is 14.3 Å². The van der Waals surface area contributed by atoms with Crippen molar-refractivity contribution >= 4 is 35.1 Å². The maximum absolute atomic E-state index is 12.8. The fraction of sp³-hybridized carbons (Fsp3) is 0.0357. The van der Waals surface area contributed by atoms with Crippen LogP contribution in [0.1, 0.15) is 21.5 Å². The first-order valence-corrected chi connectivity index (χ1v) is 11.1. The molecule has 5 heteroatoms. The largest absolute Gasteiger partial charge is 0.489 e. The van der Waals surface area contributed by atoms with E-state index in [0.29, 0.717) is 32.7 Å². The van der Waals surface area contributed by atoms with Crippen LogP contribution in [0.3, 0.4) is 0 Å². The number of fused-ring (bicyclic) bond motifs is 1. The lowest BCUT2D eigenvalue weighted by Crippen LogP contribution is -1.98. The summed E-state index contributed by atoms with van der Waals surface area (Å²) in [5.74, 6) is 1.16. The Morgan fingerprint density at radius 2 is 1.48 bits per heavy atom. The number of ketones is 1. The Balaban J connectivity index is 1.32. The Labute approximate surface area is 201 Å². The van der Waals surface area contributed by atoms with Gasteiger partial charge in [0.05, 0.1) is 5.56 Å². The number of benzene rings is 4. The third kappa shape index (κ3) is 4.51. The highest BCUT2D eigenvalue weighted by molar-refractivity contribution is 6.35. The van der Waals surface area contributed by atoms with Crippen LogP contribution in [-0.4, -0.2) is 5.78 Å². The van der Waals surface area contributed by atoms with E-state index in [1.54, 1.807) is 42.5 Å². The second-order valence-electron chi connectivity index (χ2n) is 7.57. The second kappa shape index (κ2) is 9.14. The zero-order valence-corrected chi connectivity index (χ0v) is 18.9. The van der Waals surface area contributed by atoms with E-state index < -0.39 is 0 Å². The van der Waals surface area contributed by atoms with Crippen LogP contribution in [0.15, 0.2) is 96.8 Å². The lowest BCUT2D eigenvalue weighted by atomic mass is 10.0. The Hall–Kier alpha value is -3.53. The van der Waals surface area contributed by atoms with Gasteiger partial charge in [-0.1, -0.05) is 83.9 Å². The molecule has 0 atom stereocenters. The standard InChI is InChI=1S/C28H18Cl2O3/c29-24-7-4-8-25(30)23(24)17-32-21-13-14-22-26(16-21)33-27(28(22)31)15-18-9-11-20(12-10-18)19-5-2-1-3-6-19/h1-16H,17H2/b27-15-. The number of ether oxygens (including phenoxy) is 2. The number of hydrogen-bond acceptors (Lipinski definition) is 3. The Morgan fingerprint density at radius 3 is 2.21 bits per heavy atom. The van der Waals surface area contributed by atoms with Crippen molar-refractivity contribution in [3.63, 3.8) is 0 Å². The van der Waals surface area contributed by atoms with Crippen molar-refractivity contribution in [1.29, 1.82) is 0 Å². The van der Waals surface area contributed by atoms with Crippen LogP contribution in [0.2, 0.25) is 10.0 Å². The first-order valence-electron chi connectivity index (χ1n) is 10.4. The Bertz CT molecular complexity index is 1340. The van der Waals surface area contributed by atoms with Gasteiger partial charge >= 0.3 is 0 Å². The number of hydrogen-bond donors (Lipinski definition) is 0. The zero-order valence-electron chi connectivity index (χ0n) is 17.4. The third-order valence-electron chi connectivity index (χ3n) is 5.40. The number of rotatable bonds is 5. The van der Waals surface area contributed by atoms with Gasteiger partial charge in [-0.25, -0.2) is 0 Å². The highest BCUT2D eigenvalue weighted by atomic mass is 35.5. The molecule has 0 saturated heterocycles. The minimum atomic E-state index is -0.155. The molecule has 0 amide bonds. The average molecular weight is 473 g/mol. The topological polar surface area (TPSA) is 35.5 Å². The zero-order chi connectivity index (χ0) is 22.8. The molecule has 0 bridgehead atoms. The number of carbonyl (C=O) groups is 1. The Kier molecular flexibility index (Phi) is 5.91. The van der Waals surface area contributed by atoms with Gasteiger partial charge in [0.25, 0.3) is 0 Å². The lowest BCUT2D eigenvalue weighted by Gasteiger charge is -2.10. The number of carbonyl (C=O) groups excluding carboxylic acids is 1. The van der Waals surface area contributed by atoms with E-state index in [0.717, 1.165) is 16.7 Å². The summed E-state index contributed by atoms with van der Waals surface area (Å²) in [6.45, 7) is 0.210. The normalized spacial score (nSPS) is 13.6. The van der Waals surface area contributed by atoms with E-state index in [1.807, 2.05) is 42.5 Å². The summed E-state index contributed by atoms with van der Waals surface area (Å²) in [6.07, 6.45) is 1.75. The minimum absolute atomic E-state index is 0.155. The number of halogens is 2. The van der Waals surface area contributed by atoms with Crippen molar-refractivity contribution in [3.8, 4) is 22.6 Å². The van der Waals surface area contributed by atoms with E-state index in [9.17, 15) is 4.79 Å². The van der Waals surface area contributed by atoms with Gasteiger partial charge < -0.3 is 9.47 Å². The summed E-state index contributed by atoms with van der Waals surface area (Å²) < 4.78 is 11.7. The van der Waals surface area contributed by atoms with E-state index in [-0.39, 0.29) is 18.1 Å².